The van der Waals surface area contributed by atoms with Crippen LogP contribution >= 0.6 is 0 Å². The van der Waals surface area contributed by atoms with Crippen molar-refractivity contribution >= 4 is 0 Å². The normalized spacial score (nSPS) is 12.0. The van der Waals surface area contributed by atoms with E-state index < -0.39 is 0 Å². The van der Waals surface area contributed by atoms with Gasteiger partial charge >= 0.3 is 0 Å². The molecular weight excluding hydrogens is 160 g/mol. The fraction of sp³-hybridized carbons (Fsp3) is 0.727. The lowest BCUT2D eigenvalue weighted by atomic mass is 9.84. The van der Waals surface area contributed by atoms with Crippen LogP contribution in [-0.4, -0.2) is 9.55 Å². The highest BCUT2D eigenvalue weighted by Gasteiger charge is 2.19. The summed E-state index contributed by atoms with van der Waals surface area (Å²) in [5, 5.41) is 0. The monoisotopic (exact) mass is 180 g/mol. The lowest BCUT2D eigenvalue weighted by molar-refractivity contribution is 0.319. The van der Waals surface area contributed by atoms with Crippen LogP contribution in [0.5, 0.6) is 0 Å². The highest BCUT2D eigenvalue weighted by Crippen LogP contribution is 2.26. The first-order chi connectivity index (χ1) is 6.05. The van der Waals surface area contributed by atoms with Gasteiger partial charge in [0.1, 0.15) is 5.82 Å². The van der Waals surface area contributed by atoms with Crippen molar-refractivity contribution in [2.24, 2.45) is 12.5 Å². The van der Waals surface area contributed by atoms with Crippen molar-refractivity contribution < 1.29 is 0 Å². The number of imidazole rings is 1. The van der Waals surface area contributed by atoms with E-state index in [-0.39, 0.29) is 0 Å². The second-order valence-corrected chi connectivity index (χ2v) is 4.55. The highest BCUT2D eigenvalue weighted by molar-refractivity contribution is 4.95. The summed E-state index contributed by atoms with van der Waals surface area (Å²) in [4.78, 5) is 4.35. The van der Waals surface area contributed by atoms with Gasteiger partial charge in [0.2, 0.25) is 0 Å². The van der Waals surface area contributed by atoms with Crippen LogP contribution in [0.3, 0.4) is 0 Å². The molecule has 0 bridgehead atoms. The average molecular weight is 180 g/mol. The molecule has 0 aromatic carbocycles. The zero-order chi connectivity index (χ0) is 9.90. The van der Waals surface area contributed by atoms with Crippen LogP contribution in [0, 0.1) is 5.41 Å². The van der Waals surface area contributed by atoms with Crippen molar-refractivity contribution in [3.63, 3.8) is 0 Å². The van der Waals surface area contributed by atoms with E-state index in [1.54, 1.807) is 0 Å². The maximum Gasteiger partial charge on any atom is 0.108 e. The number of nitrogens with zero attached hydrogens (tertiary/aromatic N) is 2. The number of hydrogen-bond acceptors (Lipinski definition) is 1. The number of aromatic nitrogens is 2. The van der Waals surface area contributed by atoms with Gasteiger partial charge in [0.15, 0.2) is 0 Å². The van der Waals surface area contributed by atoms with Crippen LogP contribution in [0.25, 0.3) is 0 Å². The molecule has 2 nitrogen and oxygen atoms in total. The quantitative estimate of drug-likeness (QED) is 0.696. The van der Waals surface area contributed by atoms with Crippen LogP contribution in [0.15, 0.2) is 12.4 Å². The van der Waals surface area contributed by atoms with E-state index in [1.165, 1.54) is 18.7 Å². The van der Waals surface area contributed by atoms with Crippen molar-refractivity contribution in [2.75, 3.05) is 0 Å². The third-order valence-electron chi connectivity index (χ3n) is 2.48. The van der Waals surface area contributed by atoms with E-state index >= 15 is 0 Å². The minimum Gasteiger partial charge on any atom is -0.338 e. The Morgan fingerprint density at radius 1 is 1.46 bits per heavy atom. The molecule has 74 valence electrons. The van der Waals surface area contributed by atoms with Gasteiger partial charge in [-0.2, -0.15) is 0 Å². The van der Waals surface area contributed by atoms with Gasteiger partial charge in [-0.25, -0.2) is 4.98 Å². The van der Waals surface area contributed by atoms with Gasteiger partial charge in [0.25, 0.3) is 0 Å². The van der Waals surface area contributed by atoms with E-state index in [0.29, 0.717) is 5.41 Å². The van der Waals surface area contributed by atoms with Crippen LogP contribution in [0.4, 0.5) is 0 Å². The van der Waals surface area contributed by atoms with Gasteiger partial charge in [-0.3, -0.25) is 0 Å². The van der Waals surface area contributed by atoms with Crippen LogP contribution in [-0.2, 0) is 13.5 Å². The molecule has 0 aliphatic heterocycles. The van der Waals surface area contributed by atoms with Gasteiger partial charge < -0.3 is 4.57 Å². The molecule has 0 aliphatic rings. The van der Waals surface area contributed by atoms with Crippen LogP contribution < -0.4 is 0 Å². The zero-order valence-electron chi connectivity index (χ0n) is 9.17. The van der Waals surface area contributed by atoms with Crippen molar-refractivity contribution in [3.05, 3.63) is 18.2 Å². The van der Waals surface area contributed by atoms with E-state index in [2.05, 4.69) is 37.4 Å². The van der Waals surface area contributed by atoms with Crippen molar-refractivity contribution in [2.45, 2.75) is 40.0 Å². The maximum absolute atomic E-state index is 4.35. The Labute approximate surface area is 81.0 Å². The molecule has 1 rings (SSSR count). The number of rotatable bonds is 4. The lowest BCUT2D eigenvalue weighted by Gasteiger charge is -2.23. The van der Waals surface area contributed by atoms with Crippen molar-refractivity contribution in [1.29, 1.82) is 0 Å². The maximum atomic E-state index is 4.35. The van der Waals surface area contributed by atoms with Gasteiger partial charge in [-0.1, -0.05) is 27.2 Å². The molecule has 13 heavy (non-hydrogen) atoms. The number of hydrogen-bond donors (Lipinski definition) is 0. The summed E-state index contributed by atoms with van der Waals surface area (Å²) in [5.74, 6) is 1.19. The van der Waals surface area contributed by atoms with Crippen LogP contribution in [0.2, 0.25) is 0 Å². The molecule has 0 aliphatic carbocycles. The summed E-state index contributed by atoms with van der Waals surface area (Å²) in [6, 6.07) is 0. The second-order valence-electron chi connectivity index (χ2n) is 4.55. The molecule has 1 heterocycles. The van der Waals surface area contributed by atoms with Gasteiger partial charge in [0, 0.05) is 25.9 Å². The Balaban J connectivity index is 2.63. The van der Waals surface area contributed by atoms with E-state index in [9.17, 15) is 0 Å². The SMILES string of the molecule is CCCC(C)(C)Cc1nccn1C. The molecule has 0 saturated heterocycles. The Kier molecular flexibility index (Phi) is 3.12. The number of aryl methyl sites for hydroxylation is 1. The molecule has 0 fully saturated rings. The fourth-order valence-electron chi connectivity index (χ4n) is 1.76. The van der Waals surface area contributed by atoms with Crippen molar-refractivity contribution in [1.82, 2.24) is 9.55 Å². The molecule has 0 saturated carbocycles. The van der Waals surface area contributed by atoms with E-state index in [0.717, 1.165) is 6.42 Å². The minimum absolute atomic E-state index is 0.383. The molecule has 0 radical (unpaired) electrons. The molecule has 0 spiro atoms. The fourth-order valence-corrected chi connectivity index (χ4v) is 1.76. The van der Waals surface area contributed by atoms with E-state index in [1.807, 2.05) is 12.4 Å². The summed E-state index contributed by atoms with van der Waals surface area (Å²) in [6.07, 6.45) is 7.47. The van der Waals surface area contributed by atoms with E-state index in [4.69, 9.17) is 0 Å². The predicted molar refractivity (Wildman–Crippen MR) is 55.6 cm³/mol. The van der Waals surface area contributed by atoms with Gasteiger partial charge in [0.05, 0.1) is 0 Å². The average Bonchev–Trinajstić information content (AvgIpc) is 2.35. The largest absolute Gasteiger partial charge is 0.338 e. The highest BCUT2D eigenvalue weighted by atomic mass is 15.0. The third kappa shape index (κ3) is 2.87. The molecule has 1 aromatic heterocycles. The standard InChI is InChI=1S/C11H20N2/c1-5-6-11(2,3)9-10-12-7-8-13(10)4/h7-8H,5-6,9H2,1-4H3. The summed E-state index contributed by atoms with van der Waals surface area (Å²) >= 11 is 0. The molecule has 0 N–H and O–H groups in total. The van der Waals surface area contributed by atoms with Crippen LogP contribution in [0.1, 0.15) is 39.4 Å². The van der Waals surface area contributed by atoms with Gasteiger partial charge in [-0.15, -0.1) is 0 Å². The van der Waals surface area contributed by atoms with Gasteiger partial charge in [-0.05, 0) is 11.8 Å². The van der Waals surface area contributed by atoms with Crippen molar-refractivity contribution in [3.8, 4) is 0 Å². The summed E-state index contributed by atoms with van der Waals surface area (Å²) in [6.45, 7) is 6.86. The zero-order valence-corrected chi connectivity index (χ0v) is 9.17. The first-order valence-corrected chi connectivity index (χ1v) is 5.01. The third-order valence-corrected chi connectivity index (χ3v) is 2.48. The summed E-state index contributed by atoms with van der Waals surface area (Å²) < 4.78 is 2.11. The Morgan fingerprint density at radius 3 is 2.62 bits per heavy atom. The predicted octanol–water partition coefficient (Wildman–Crippen LogP) is 2.79. The molecular formula is C11H20N2. The first kappa shape index (κ1) is 10.3. The molecule has 1 aromatic rings. The minimum atomic E-state index is 0.383. The smallest absolute Gasteiger partial charge is 0.108 e. The lowest BCUT2D eigenvalue weighted by Crippen LogP contribution is -2.17. The molecule has 2 heteroatoms. The molecule has 0 amide bonds. The molecule has 0 atom stereocenters. The first-order valence-electron chi connectivity index (χ1n) is 5.01. The second kappa shape index (κ2) is 3.95. The Hall–Kier alpha value is -0.790. The topological polar surface area (TPSA) is 17.8 Å². The molecule has 0 unspecified atom stereocenters. The summed E-state index contributed by atoms with van der Waals surface area (Å²) in [7, 11) is 2.06. The summed E-state index contributed by atoms with van der Waals surface area (Å²) in [5.41, 5.74) is 0.383. The Bertz CT molecular complexity index is 261. The Morgan fingerprint density at radius 2 is 2.15 bits per heavy atom.